The third-order valence-corrected chi connectivity index (χ3v) is 10.7. The van der Waals surface area contributed by atoms with E-state index in [1.54, 1.807) is 31.4 Å². The summed E-state index contributed by atoms with van der Waals surface area (Å²) >= 11 is 6.10. The second-order valence-electron chi connectivity index (χ2n) is 11.5. The lowest BCUT2D eigenvalue weighted by atomic mass is 9.76. The Bertz CT molecular complexity index is 1220. The first-order valence-corrected chi connectivity index (χ1v) is 16.4. The number of hydrogen-bond acceptors (Lipinski definition) is 6. The van der Waals surface area contributed by atoms with Gasteiger partial charge >= 0.3 is 0 Å². The molecule has 1 N–H and O–H groups in total. The number of carbonyl (C=O) groups excluding carboxylic acids is 1. The van der Waals surface area contributed by atoms with Crippen molar-refractivity contribution in [3.63, 3.8) is 0 Å². The smallest absolute Gasteiger partial charge is 0.246 e. The molecule has 1 heterocycles. The minimum Gasteiger partial charge on any atom is -0.497 e. The van der Waals surface area contributed by atoms with E-state index in [4.69, 9.17) is 21.1 Å². The fourth-order valence-electron chi connectivity index (χ4n) is 6.30. The van der Waals surface area contributed by atoms with Crippen LogP contribution in [0.2, 0.25) is 5.02 Å². The van der Waals surface area contributed by atoms with Crippen LogP contribution in [0.25, 0.3) is 0 Å². The first kappa shape index (κ1) is 31.8. The molecule has 2 unspecified atom stereocenters. The van der Waals surface area contributed by atoms with Crippen molar-refractivity contribution in [1.82, 2.24) is 14.5 Å². The van der Waals surface area contributed by atoms with Gasteiger partial charge in [-0.05, 0) is 106 Å². The van der Waals surface area contributed by atoms with Crippen LogP contribution < -0.4 is 10.1 Å². The Morgan fingerprint density at radius 3 is 2.34 bits per heavy atom. The number of piperidine rings is 1. The number of carbonyl (C=O) groups is 1. The molecule has 1 amide bonds. The lowest BCUT2D eigenvalue weighted by molar-refractivity contribution is -0.126. The van der Waals surface area contributed by atoms with Gasteiger partial charge in [0.15, 0.2) is 0 Å². The molecule has 0 spiro atoms. The molecule has 2 aromatic rings. The molecule has 2 fully saturated rings. The highest BCUT2D eigenvalue weighted by atomic mass is 35.5. The number of amides is 1. The molecule has 0 aromatic heterocycles. The molecule has 1 saturated heterocycles. The standard InChI is InChI=1S/C31H44ClN3O5S/c1-34(2)31(25-11-13-26(32)14-12-25)24-9-7-23(8-10-24)20-33-30(36)22-40-21-27-6-4-5-19-35(27)41(37,38)29-17-15-28(39-3)16-18-29/h11-18,23-24,27,31H,4-10,19-22H2,1-3H3,(H,33,36). The number of nitrogens with one attached hydrogen (secondary N) is 1. The van der Waals surface area contributed by atoms with Gasteiger partial charge in [0.25, 0.3) is 0 Å². The highest BCUT2D eigenvalue weighted by Crippen LogP contribution is 2.39. The minimum atomic E-state index is -3.66. The lowest BCUT2D eigenvalue weighted by Crippen LogP contribution is -2.46. The number of methoxy groups -OCH3 is 1. The summed E-state index contributed by atoms with van der Waals surface area (Å²) in [5.41, 5.74) is 1.29. The van der Waals surface area contributed by atoms with Crippen LogP contribution in [0.1, 0.15) is 56.6 Å². The van der Waals surface area contributed by atoms with Gasteiger partial charge in [0.1, 0.15) is 12.4 Å². The maximum absolute atomic E-state index is 13.3. The van der Waals surface area contributed by atoms with Crippen LogP contribution in [0.5, 0.6) is 5.75 Å². The average Bonchev–Trinajstić information content (AvgIpc) is 2.98. The summed E-state index contributed by atoms with van der Waals surface area (Å²) in [4.78, 5) is 15.1. The summed E-state index contributed by atoms with van der Waals surface area (Å²) in [7, 11) is 2.15. The highest BCUT2D eigenvalue weighted by Gasteiger charge is 2.34. The normalized spacial score (nSPS) is 22.8. The molecule has 10 heteroatoms. The van der Waals surface area contributed by atoms with Crippen LogP contribution in [0.4, 0.5) is 0 Å². The second kappa shape index (κ2) is 14.8. The molecule has 1 aliphatic heterocycles. The first-order chi connectivity index (χ1) is 19.7. The highest BCUT2D eigenvalue weighted by molar-refractivity contribution is 7.89. The van der Waals surface area contributed by atoms with Crippen LogP contribution in [0.15, 0.2) is 53.4 Å². The predicted octanol–water partition coefficient (Wildman–Crippen LogP) is 5.13. The average molecular weight is 606 g/mol. The maximum Gasteiger partial charge on any atom is 0.246 e. The minimum absolute atomic E-state index is 0.0679. The van der Waals surface area contributed by atoms with Crippen LogP contribution in [-0.4, -0.2) is 77.1 Å². The summed E-state index contributed by atoms with van der Waals surface area (Å²) in [6, 6.07) is 14.7. The Hall–Kier alpha value is -2.17. The molecular weight excluding hydrogens is 562 g/mol. The quantitative estimate of drug-likeness (QED) is 0.361. The summed E-state index contributed by atoms with van der Waals surface area (Å²) in [6.07, 6.45) is 6.83. The number of rotatable bonds is 12. The number of nitrogens with zero attached hydrogens (tertiary/aromatic N) is 2. The first-order valence-electron chi connectivity index (χ1n) is 14.6. The van der Waals surface area contributed by atoms with Crippen LogP contribution in [0, 0.1) is 11.8 Å². The Morgan fingerprint density at radius 2 is 1.71 bits per heavy atom. The molecule has 0 bridgehead atoms. The van der Waals surface area contributed by atoms with Gasteiger partial charge in [-0.25, -0.2) is 8.42 Å². The fourth-order valence-corrected chi connectivity index (χ4v) is 8.10. The van der Waals surface area contributed by atoms with Crippen LogP contribution in [-0.2, 0) is 19.6 Å². The van der Waals surface area contributed by atoms with Crippen molar-refractivity contribution >= 4 is 27.5 Å². The van der Waals surface area contributed by atoms with E-state index in [1.807, 2.05) is 12.1 Å². The molecular formula is C31H44ClN3O5S. The molecule has 2 atom stereocenters. The summed E-state index contributed by atoms with van der Waals surface area (Å²) in [5, 5.41) is 3.79. The van der Waals surface area contributed by atoms with E-state index in [0.717, 1.165) is 43.5 Å². The third-order valence-electron chi connectivity index (χ3n) is 8.48. The molecule has 41 heavy (non-hydrogen) atoms. The maximum atomic E-state index is 13.3. The fraction of sp³-hybridized carbons (Fsp3) is 0.581. The van der Waals surface area contributed by atoms with Gasteiger partial charge in [0, 0.05) is 30.2 Å². The number of sulfonamides is 1. The van der Waals surface area contributed by atoms with Gasteiger partial charge < -0.3 is 19.7 Å². The molecule has 2 aromatic carbocycles. The van der Waals surface area contributed by atoms with Gasteiger partial charge in [-0.2, -0.15) is 4.31 Å². The molecule has 8 nitrogen and oxygen atoms in total. The zero-order chi connectivity index (χ0) is 29.4. The van der Waals surface area contributed by atoms with E-state index < -0.39 is 10.0 Å². The van der Waals surface area contributed by atoms with E-state index in [2.05, 4.69) is 36.4 Å². The zero-order valence-electron chi connectivity index (χ0n) is 24.4. The molecule has 1 aliphatic carbocycles. The van der Waals surface area contributed by atoms with Gasteiger partial charge in [-0.15, -0.1) is 0 Å². The van der Waals surface area contributed by atoms with Crippen molar-refractivity contribution in [3.8, 4) is 5.75 Å². The topological polar surface area (TPSA) is 88.2 Å². The van der Waals surface area contributed by atoms with Crippen LogP contribution >= 0.6 is 11.6 Å². The Morgan fingerprint density at radius 1 is 1.02 bits per heavy atom. The van der Waals surface area contributed by atoms with Gasteiger partial charge in [-0.1, -0.05) is 30.2 Å². The largest absolute Gasteiger partial charge is 0.497 e. The summed E-state index contributed by atoms with van der Waals surface area (Å²) in [6.45, 7) is 1.22. The van der Waals surface area contributed by atoms with E-state index in [-0.39, 0.29) is 30.1 Å². The van der Waals surface area contributed by atoms with E-state index in [0.29, 0.717) is 43.1 Å². The van der Waals surface area contributed by atoms with Gasteiger partial charge in [0.2, 0.25) is 15.9 Å². The molecule has 226 valence electrons. The Kier molecular flexibility index (Phi) is 11.5. The SMILES string of the molecule is COc1ccc(S(=O)(=O)N2CCCCC2COCC(=O)NCC2CCC(C(c3ccc(Cl)cc3)N(C)C)CC2)cc1. The van der Waals surface area contributed by atoms with Gasteiger partial charge in [-0.3, -0.25) is 4.79 Å². The number of ether oxygens (including phenoxy) is 2. The number of benzene rings is 2. The van der Waals surface area contributed by atoms with E-state index in [9.17, 15) is 13.2 Å². The summed E-state index contributed by atoms with van der Waals surface area (Å²) < 4.78 is 39.1. The van der Waals surface area contributed by atoms with Crippen molar-refractivity contribution in [3.05, 3.63) is 59.1 Å². The number of hydrogen-bond donors (Lipinski definition) is 1. The van der Waals surface area contributed by atoms with Crippen molar-refractivity contribution in [2.45, 2.75) is 61.9 Å². The Labute approximate surface area is 250 Å². The predicted molar refractivity (Wildman–Crippen MR) is 162 cm³/mol. The van der Waals surface area contributed by atoms with Crippen LogP contribution in [0.3, 0.4) is 0 Å². The second-order valence-corrected chi connectivity index (χ2v) is 13.8. The van der Waals surface area contributed by atoms with Crippen molar-refractivity contribution in [2.75, 3.05) is 47.5 Å². The van der Waals surface area contributed by atoms with Crippen molar-refractivity contribution in [1.29, 1.82) is 0 Å². The molecule has 2 aliphatic rings. The van der Waals surface area contributed by atoms with Crippen molar-refractivity contribution in [2.24, 2.45) is 11.8 Å². The van der Waals surface area contributed by atoms with E-state index in [1.165, 1.54) is 9.87 Å². The van der Waals surface area contributed by atoms with Crippen molar-refractivity contribution < 1.29 is 22.7 Å². The number of halogens is 1. The Balaban J connectivity index is 1.20. The summed E-state index contributed by atoms with van der Waals surface area (Å²) in [5.74, 6) is 1.47. The van der Waals surface area contributed by atoms with Gasteiger partial charge in [0.05, 0.1) is 18.6 Å². The zero-order valence-corrected chi connectivity index (χ0v) is 26.0. The third kappa shape index (κ3) is 8.45. The lowest BCUT2D eigenvalue weighted by Gasteiger charge is -2.37. The molecule has 1 saturated carbocycles. The molecule has 0 radical (unpaired) electrons. The monoisotopic (exact) mass is 605 g/mol. The molecule has 4 rings (SSSR count). The van der Waals surface area contributed by atoms with E-state index >= 15 is 0 Å².